The molecule has 9 heteroatoms. The van der Waals surface area contributed by atoms with Crippen LogP contribution in [0, 0.1) is 13.8 Å². The zero-order valence-electron chi connectivity index (χ0n) is 12.2. The molecule has 22 heavy (non-hydrogen) atoms. The summed E-state index contributed by atoms with van der Waals surface area (Å²) in [4.78, 5) is 0.0999. The van der Waals surface area contributed by atoms with Crippen molar-refractivity contribution in [1.82, 2.24) is 9.78 Å². The highest BCUT2D eigenvalue weighted by molar-refractivity contribution is 7.92. The molecular weight excluding hydrogens is 316 g/mol. The van der Waals surface area contributed by atoms with Gasteiger partial charge in [0.05, 0.1) is 11.4 Å². The van der Waals surface area contributed by atoms with Crippen LogP contribution in [0.2, 0.25) is 0 Å². The Morgan fingerprint density at radius 3 is 2.27 bits per heavy atom. The quantitative estimate of drug-likeness (QED) is 0.913. The minimum Gasteiger partial charge on any atom is -0.435 e. The Kier molecular flexibility index (Phi) is 4.36. The number of alkyl halides is 2. The van der Waals surface area contributed by atoms with Gasteiger partial charge in [0.1, 0.15) is 10.6 Å². The second-order valence-electron chi connectivity index (χ2n) is 4.63. The van der Waals surface area contributed by atoms with Gasteiger partial charge in [0.15, 0.2) is 0 Å². The highest BCUT2D eigenvalue weighted by Gasteiger charge is 2.23. The first-order valence-corrected chi connectivity index (χ1v) is 7.77. The van der Waals surface area contributed by atoms with Crippen molar-refractivity contribution in [3.05, 3.63) is 35.7 Å². The molecule has 1 aromatic carbocycles. The molecule has 1 aromatic heterocycles. The van der Waals surface area contributed by atoms with E-state index in [-0.39, 0.29) is 16.3 Å². The minimum atomic E-state index is -3.81. The molecule has 2 rings (SSSR count). The lowest BCUT2D eigenvalue weighted by atomic mass is 10.3. The number of ether oxygens (including phenoxy) is 1. The van der Waals surface area contributed by atoms with E-state index < -0.39 is 16.6 Å². The maximum atomic E-state index is 12.4. The Morgan fingerprint density at radius 1 is 1.23 bits per heavy atom. The Hall–Kier alpha value is -2.16. The van der Waals surface area contributed by atoms with E-state index in [1.807, 2.05) is 0 Å². The van der Waals surface area contributed by atoms with E-state index in [1.165, 1.54) is 28.9 Å². The van der Waals surface area contributed by atoms with Crippen LogP contribution < -0.4 is 9.46 Å². The van der Waals surface area contributed by atoms with Crippen molar-refractivity contribution >= 4 is 15.7 Å². The molecule has 0 saturated carbocycles. The van der Waals surface area contributed by atoms with Crippen LogP contribution in [0.15, 0.2) is 29.2 Å². The maximum Gasteiger partial charge on any atom is 0.387 e. The van der Waals surface area contributed by atoms with Crippen LogP contribution >= 0.6 is 0 Å². The highest BCUT2D eigenvalue weighted by Crippen LogP contribution is 2.23. The lowest BCUT2D eigenvalue weighted by molar-refractivity contribution is -0.0498. The Bertz CT molecular complexity index is 771. The number of aryl methyl sites for hydroxylation is 2. The molecule has 0 fully saturated rings. The number of halogens is 2. The van der Waals surface area contributed by atoms with Crippen molar-refractivity contribution in [2.45, 2.75) is 25.4 Å². The van der Waals surface area contributed by atoms with Crippen molar-refractivity contribution in [1.29, 1.82) is 0 Å². The molecule has 1 heterocycles. The summed E-state index contributed by atoms with van der Waals surface area (Å²) >= 11 is 0. The number of nitrogens with one attached hydrogen (secondary N) is 1. The molecule has 0 bridgehead atoms. The molecule has 0 aliphatic carbocycles. The third kappa shape index (κ3) is 3.35. The largest absolute Gasteiger partial charge is 0.435 e. The van der Waals surface area contributed by atoms with Gasteiger partial charge in [-0.3, -0.25) is 9.40 Å². The van der Waals surface area contributed by atoms with Crippen LogP contribution in [0.5, 0.6) is 5.75 Å². The van der Waals surface area contributed by atoms with E-state index in [9.17, 15) is 17.2 Å². The fourth-order valence-electron chi connectivity index (χ4n) is 2.05. The van der Waals surface area contributed by atoms with Crippen LogP contribution in [0.1, 0.15) is 11.4 Å². The zero-order chi connectivity index (χ0) is 16.5. The second-order valence-corrected chi connectivity index (χ2v) is 6.25. The summed E-state index contributed by atoms with van der Waals surface area (Å²) in [5, 5.41) is 4.06. The maximum absolute atomic E-state index is 12.4. The first kappa shape index (κ1) is 16.2. The smallest absolute Gasteiger partial charge is 0.387 e. The molecule has 0 spiro atoms. The molecule has 0 aliphatic heterocycles. The van der Waals surface area contributed by atoms with Gasteiger partial charge >= 0.3 is 6.61 Å². The van der Waals surface area contributed by atoms with E-state index >= 15 is 0 Å². The monoisotopic (exact) mass is 331 g/mol. The van der Waals surface area contributed by atoms with E-state index in [2.05, 4.69) is 14.6 Å². The summed E-state index contributed by atoms with van der Waals surface area (Å²) in [6.45, 7) is 0.318. The van der Waals surface area contributed by atoms with Crippen LogP contribution in [0.25, 0.3) is 0 Å². The van der Waals surface area contributed by atoms with Gasteiger partial charge in [-0.25, -0.2) is 8.42 Å². The van der Waals surface area contributed by atoms with Crippen LogP contribution in [0.3, 0.4) is 0 Å². The number of benzene rings is 1. The van der Waals surface area contributed by atoms with Gasteiger partial charge in [0.2, 0.25) is 0 Å². The summed E-state index contributed by atoms with van der Waals surface area (Å²) < 4.78 is 57.0. The molecule has 1 N–H and O–H groups in total. The predicted octanol–water partition coefficient (Wildman–Crippen LogP) is 2.44. The van der Waals surface area contributed by atoms with Gasteiger partial charge in [0, 0.05) is 12.7 Å². The Labute approximate surface area is 126 Å². The number of aromatic nitrogens is 2. The normalized spacial score (nSPS) is 11.7. The SMILES string of the molecule is Cc1nn(C)c(C)c1S(=O)(=O)Nc1ccc(OC(F)F)cc1. The van der Waals surface area contributed by atoms with E-state index in [0.717, 1.165) is 0 Å². The second kappa shape index (κ2) is 5.91. The summed E-state index contributed by atoms with van der Waals surface area (Å²) in [6.07, 6.45) is 0. The van der Waals surface area contributed by atoms with Crippen LogP contribution in [-0.4, -0.2) is 24.8 Å². The highest BCUT2D eigenvalue weighted by atomic mass is 32.2. The molecule has 0 unspecified atom stereocenters. The third-order valence-corrected chi connectivity index (χ3v) is 4.68. The molecule has 6 nitrogen and oxygen atoms in total. The molecular formula is C13H15F2N3O3S. The molecule has 0 aliphatic rings. The number of anilines is 1. The number of hydrogen-bond acceptors (Lipinski definition) is 4. The van der Waals surface area contributed by atoms with Crippen molar-refractivity contribution in [3.8, 4) is 5.75 Å². The summed E-state index contributed by atoms with van der Waals surface area (Å²) in [7, 11) is -2.16. The summed E-state index contributed by atoms with van der Waals surface area (Å²) in [5.74, 6) is -0.0494. The number of sulfonamides is 1. The van der Waals surface area contributed by atoms with E-state index in [0.29, 0.717) is 11.4 Å². The lowest BCUT2D eigenvalue weighted by Crippen LogP contribution is -2.15. The fourth-order valence-corrected chi connectivity index (χ4v) is 3.55. The van der Waals surface area contributed by atoms with Gasteiger partial charge in [-0.15, -0.1) is 0 Å². The summed E-state index contributed by atoms with van der Waals surface area (Å²) in [6, 6.07) is 5.20. The third-order valence-electron chi connectivity index (χ3n) is 3.04. The Balaban J connectivity index is 2.25. The molecule has 2 aromatic rings. The number of hydrogen-bond donors (Lipinski definition) is 1. The average molecular weight is 331 g/mol. The fraction of sp³-hybridized carbons (Fsp3) is 0.308. The molecule has 120 valence electrons. The van der Waals surface area contributed by atoms with Gasteiger partial charge in [0.25, 0.3) is 10.0 Å². The van der Waals surface area contributed by atoms with Gasteiger partial charge < -0.3 is 4.74 Å². The predicted molar refractivity (Wildman–Crippen MR) is 76.6 cm³/mol. The van der Waals surface area contributed by atoms with Gasteiger partial charge in [-0.2, -0.15) is 13.9 Å². The van der Waals surface area contributed by atoms with E-state index in [4.69, 9.17) is 0 Å². The van der Waals surface area contributed by atoms with Gasteiger partial charge in [-0.1, -0.05) is 0 Å². The summed E-state index contributed by atoms with van der Waals surface area (Å²) in [5.41, 5.74) is 1.12. The standard InChI is InChI=1S/C13H15F2N3O3S/c1-8-12(9(2)18(3)16-8)22(19,20)17-10-4-6-11(7-5-10)21-13(14)15/h4-7,13,17H,1-3H3. The van der Waals surface area contributed by atoms with Crippen LogP contribution in [-0.2, 0) is 17.1 Å². The molecule has 0 amide bonds. The van der Waals surface area contributed by atoms with E-state index in [1.54, 1.807) is 20.9 Å². The first-order valence-electron chi connectivity index (χ1n) is 6.28. The topological polar surface area (TPSA) is 73.2 Å². The van der Waals surface area contributed by atoms with Crippen LogP contribution in [0.4, 0.5) is 14.5 Å². The molecule has 0 atom stereocenters. The number of rotatable bonds is 5. The molecule has 0 radical (unpaired) electrons. The van der Waals surface area contributed by atoms with Crippen molar-refractivity contribution in [2.75, 3.05) is 4.72 Å². The minimum absolute atomic E-state index is 0.0494. The molecule has 0 saturated heterocycles. The van der Waals surface area contributed by atoms with Crippen molar-refractivity contribution in [3.63, 3.8) is 0 Å². The van der Waals surface area contributed by atoms with Crippen molar-refractivity contribution in [2.24, 2.45) is 7.05 Å². The average Bonchev–Trinajstić information content (AvgIpc) is 2.65. The van der Waals surface area contributed by atoms with Crippen molar-refractivity contribution < 1.29 is 21.9 Å². The van der Waals surface area contributed by atoms with Gasteiger partial charge in [-0.05, 0) is 38.1 Å². The number of nitrogens with zero attached hydrogens (tertiary/aromatic N) is 2. The zero-order valence-corrected chi connectivity index (χ0v) is 13.0. The lowest BCUT2D eigenvalue weighted by Gasteiger charge is -2.09. The Morgan fingerprint density at radius 2 is 1.82 bits per heavy atom. The first-order chi connectivity index (χ1) is 10.2.